The fraction of sp³-hybridized carbons (Fsp3) is 0.722. The van der Waals surface area contributed by atoms with Gasteiger partial charge in [0.15, 0.2) is 5.96 Å². The van der Waals surface area contributed by atoms with Crippen LogP contribution in [-0.2, 0) is 11.3 Å². The number of hydrogen-bond acceptors (Lipinski definition) is 4. The Morgan fingerprint density at radius 2 is 1.96 bits per heavy atom. The average Bonchev–Trinajstić information content (AvgIpc) is 3.36. The smallest absolute Gasteiger partial charge is 0.223 e. The van der Waals surface area contributed by atoms with E-state index >= 15 is 0 Å². The summed E-state index contributed by atoms with van der Waals surface area (Å²) in [6.07, 6.45) is 6.35. The minimum atomic E-state index is 0. The Hall–Kier alpha value is -0.900. The first kappa shape index (κ1) is 21.4. The standard InChI is InChI=1S/C18H29N5OS.HI/c1-11-12(2)25-16(21-11)10-20-18(19-3)23-15-6-4-5-13(9-15)17(24)22-14-7-8-14;/h13-15H,4-10H2,1-3H3,(H,22,24)(H2,19,20,23);1H. The van der Waals surface area contributed by atoms with E-state index in [2.05, 4.69) is 32.9 Å². The molecule has 1 heterocycles. The van der Waals surface area contributed by atoms with Crippen LogP contribution in [0.25, 0.3) is 0 Å². The molecule has 1 aromatic heterocycles. The number of amides is 1. The second-order valence-electron chi connectivity index (χ2n) is 7.16. The summed E-state index contributed by atoms with van der Waals surface area (Å²) in [5.41, 5.74) is 1.10. The van der Waals surface area contributed by atoms with E-state index in [1.165, 1.54) is 4.88 Å². The van der Waals surface area contributed by atoms with Crippen LogP contribution in [0.4, 0.5) is 0 Å². The van der Waals surface area contributed by atoms with E-state index in [0.29, 0.717) is 18.6 Å². The molecular weight excluding hydrogens is 461 g/mol. The van der Waals surface area contributed by atoms with Crippen LogP contribution in [0.2, 0.25) is 0 Å². The zero-order chi connectivity index (χ0) is 17.8. The van der Waals surface area contributed by atoms with Crippen molar-refractivity contribution in [2.45, 2.75) is 71.0 Å². The molecule has 0 aliphatic heterocycles. The highest BCUT2D eigenvalue weighted by Crippen LogP contribution is 2.26. The predicted molar refractivity (Wildman–Crippen MR) is 117 cm³/mol. The molecule has 0 spiro atoms. The minimum Gasteiger partial charge on any atom is -0.354 e. The van der Waals surface area contributed by atoms with Crippen molar-refractivity contribution in [2.75, 3.05) is 7.05 Å². The van der Waals surface area contributed by atoms with E-state index in [4.69, 9.17) is 0 Å². The third-order valence-electron chi connectivity index (χ3n) is 5.01. The van der Waals surface area contributed by atoms with E-state index in [1.54, 1.807) is 18.4 Å². The lowest BCUT2D eigenvalue weighted by Gasteiger charge is -2.30. The molecule has 26 heavy (non-hydrogen) atoms. The number of aliphatic imine (C=N–C) groups is 1. The molecule has 6 nitrogen and oxygen atoms in total. The van der Waals surface area contributed by atoms with Crippen LogP contribution in [0.5, 0.6) is 0 Å². The summed E-state index contributed by atoms with van der Waals surface area (Å²) in [7, 11) is 1.79. The third kappa shape index (κ3) is 6.07. The van der Waals surface area contributed by atoms with Crippen molar-refractivity contribution in [2.24, 2.45) is 10.9 Å². The van der Waals surface area contributed by atoms with Gasteiger partial charge >= 0.3 is 0 Å². The molecule has 1 aromatic rings. The number of halogens is 1. The van der Waals surface area contributed by atoms with Crippen LogP contribution >= 0.6 is 35.3 Å². The van der Waals surface area contributed by atoms with Gasteiger partial charge in [0, 0.05) is 29.9 Å². The molecule has 2 saturated carbocycles. The van der Waals surface area contributed by atoms with Crippen molar-refractivity contribution >= 4 is 47.2 Å². The van der Waals surface area contributed by atoms with E-state index < -0.39 is 0 Å². The lowest BCUT2D eigenvalue weighted by atomic mass is 9.85. The maximum absolute atomic E-state index is 12.3. The molecule has 0 radical (unpaired) electrons. The quantitative estimate of drug-likeness (QED) is 0.336. The number of nitrogens with one attached hydrogen (secondary N) is 3. The predicted octanol–water partition coefficient (Wildman–Crippen LogP) is 2.88. The zero-order valence-corrected chi connectivity index (χ0v) is 18.9. The van der Waals surface area contributed by atoms with Gasteiger partial charge in [-0.3, -0.25) is 9.79 Å². The zero-order valence-electron chi connectivity index (χ0n) is 15.8. The summed E-state index contributed by atoms with van der Waals surface area (Å²) in [5, 5.41) is 11.1. The third-order valence-corrected chi connectivity index (χ3v) is 6.09. The van der Waals surface area contributed by atoms with Crippen molar-refractivity contribution in [3.05, 3.63) is 15.6 Å². The number of aromatic nitrogens is 1. The van der Waals surface area contributed by atoms with Crippen molar-refractivity contribution in [1.82, 2.24) is 20.9 Å². The van der Waals surface area contributed by atoms with Crippen molar-refractivity contribution in [3.63, 3.8) is 0 Å². The molecular formula is C18H30IN5OS. The normalized spacial score (nSPS) is 23.1. The van der Waals surface area contributed by atoms with Crippen LogP contribution in [0, 0.1) is 19.8 Å². The SMILES string of the molecule is CN=C(NCc1nc(C)c(C)s1)NC1CCCC(C(=O)NC2CC2)C1.I. The van der Waals surface area contributed by atoms with Crippen LogP contribution in [-0.4, -0.2) is 36.0 Å². The van der Waals surface area contributed by atoms with Gasteiger partial charge in [-0.25, -0.2) is 4.98 Å². The second-order valence-corrected chi connectivity index (χ2v) is 8.45. The Morgan fingerprint density at radius 1 is 1.19 bits per heavy atom. The monoisotopic (exact) mass is 491 g/mol. The first-order valence-electron chi connectivity index (χ1n) is 9.25. The molecule has 2 unspecified atom stereocenters. The van der Waals surface area contributed by atoms with Gasteiger partial charge in [0.1, 0.15) is 5.01 Å². The number of carbonyl (C=O) groups is 1. The molecule has 0 bridgehead atoms. The first-order chi connectivity index (χ1) is 12.0. The number of carbonyl (C=O) groups excluding carboxylic acids is 1. The highest BCUT2D eigenvalue weighted by atomic mass is 127. The second kappa shape index (κ2) is 9.87. The Kier molecular flexibility index (Phi) is 8.12. The number of guanidine groups is 1. The summed E-state index contributed by atoms with van der Waals surface area (Å²) in [6.45, 7) is 4.81. The maximum atomic E-state index is 12.3. The van der Waals surface area contributed by atoms with E-state index in [9.17, 15) is 4.79 Å². The van der Waals surface area contributed by atoms with Gasteiger partial charge in [-0.05, 0) is 46.0 Å². The Labute approximate surface area is 177 Å². The lowest BCUT2D eigenvalue weighted by molar-refractivity contribution is -0.126. The van der Waals surface area contributed by atoms with E-state index in [-0.39, 0.29) is 35.8 Å². The molecule has 3 rings (SSSR count). The molecule has 2 fully saturated rings. The summed E-state index contributed by atoms with van der Waals surface area (Å²) in [4.78, 5) is 22.4. The Bertz CT molecular complexity index is 624. The van der Waals surface area contributed by atoms with Crippen molar-refractivity contribution in [1.29, 1.82) is 0 Å². The molecule has 0 aromatic carbocycles. The molecule has 1 amide bonds. The number of hydrogen-bond donors (Lipinski definition) is 3. The van der Waals surface area contributed by atoms with Gasteiger partial charge in [0.05, 0.1) is 12.2 Å². The van der Waals surface area contributed by atoms with Crippen molar-refractivity contribution in [3.8, 4) is 0 Å². The van der Waals surface area contributed by atoms with Gasteiger partial charge in [0.2, 0.25) is 5.91 Å². The number of aryl methyl sites for hydroxylation is 2. The van der Waals surface area contributed by atoms with E-state index in [0.717, 1.165) is 55.2 Å². The number of nitrogens with zero attached hydrogens (tertiary/aromatic N) is 2. The summed E-state index contributed by atoms with van der Waals surface area (Å²) >= 11 is 1.72. The molecule has 2 aliphatic rings. The highest BCUT2D eigenvalue weighted by Gasteiger charge is 2.31. The number of rotatable bonds is 5. The largest absolute Gasteiger partial charge is 0.354 e. The average molecular weight is 491 g/mol. The van der Waals surface area contributed by atoms with E-state index in [1.807, 2.05) is 6.92 Å². The Morgan fingerprint density at radius 3 is 2.58 bits per heavy atom. The first-order valence-corrected chi connectivity index (χ1v) is 10.1. The molecule has 2 aliphatic carbocycles. The highest BCUT2D eigenvalue weighted by molar-refractivity contribution is 14.0. The summed E-state index contributed by atoms with van der Waals surface area (Å²) in [6, 6.07) is 0.746. The topological polar surface area (TPSA) is 78.4 Å². The van der Waals surface area contributed by atoms with Crippen LogP contribution in [0.3, 0.4) is 0 Å². The fourth-order valence-electron chi connectivity index (χ4n) is 3.27. The van der Waals surface area contributed by atoms with Crippen molar-refractivity contribution < 1.29 is 4.79 Å². The van der Waals surface area contributed by atoms with Crippen LogP contribution in [0.15, 0.2) is 4.99 Å². The van der Waals surface area contributed by atoms with Crippen LogP contribution in [0.1, 0.15) is 54.1 Å². The number of thiazole rings is 1. The summed E-state index contributed by atoms with van der Waals surface area (Å²) < 4.78 is 0. The molecule has 3 N–H and O–H groups in total. The van der Waals surface area contributed by atoms with Gasteiger partial charge in [-0.2, -0.15) is 0 Å². The molecule has 146 valence electrons. The van der Waals surface area contributed by atoms with Crippen LogP contribution < -0.4 is 16.0 Å². The van der Waals surface area contributed by atoms with Gasteiger partial charge in [0.25, 0.3) is 0 Å². The lowest BCUT2D eigenvalue weighted by Crippen LogP contribution is -2.47. The fourth-order valence-corrected chi connectivity index (χ4v) is 4.14. The summed E-state index contributed by atoms with van der Waals surface area (Å²) in [5.74, 6) is 1.17. The molecule has 8 heteroatoms. The van der Waals surface area contributed by atoms with Gasteiger partial charge in [-0.1, -0.05) is 6.42 Å². The molecule has 2 atom stereocenters. The van der Waals surface area contributed by atoms with Gasteiger partial charge < -0.3 is 16.0 Å². The van der Waals surface area contributed by atoms with Gasteiger partial charge in [-0.15, -0.1) is 35.3 Å². The minimum absolute atomic E-state index is 0. The maximum Gasteiger partial charge on any atom is 0.223 e. The molecule has 0 saturated heterocycles. The Balaban J connectivity index is 0.00000243.